The monoisotopic (exact) mass is 413 g/mol. The third kappa shape index (κ3) is 2.62. The van der Waals surface area contributed by atoms with Gasteiger partial charge in [0.25, 0.3) is 0 Å². The fourth-order valence-electron chi connectivity index (χ4n) is 10.7. The highest BCUT2D eigenvalue weighted by Crippen LogP contribution is 2.71. The SMILES string of the molecule is C[C@@H]1CC[C@@]2(C)[C@H](CC[C@H]3[C@@H]2CC[C@]2(C)[C@@H]4[C@H](C[C@@H]32)O[C@]2(CC[C@H](C)CN2)[C@H]4C)C1. The van der Waals surface area contributed by atoms with Gasteiger partial charge in [-0.3, -0.25) is 5.32 Å². The van der Waals surface area contributed by atoms with E-state index >= 15 is 0 Å². The smallest absolute Gasteiger partial charge is 0.122 e. The van der Waals surface area contributed by atoms with Gasteiger partial charge in [0.1, 0.15) is 5.72 Å². The first kappa shape index (κ1) is 20.5. The molecule has 0 unspecified atom stereocenters. The highest BCUT2D eigenvalue weighted by molar-refractivity contribution is 5.16. The van der Waals surface area contributed by atoms with Gasteiger partial charge in [0, 0.05) is 12.5 Å². The molecule has 0 aromatic rings. The zero-order valence-electron chi connectivity index (χ0n) is 20.4. The van der Waals surface area contributed by atoms with Crippen molar-refractivity contribution in [2.75, 3.05) is 6.54 Å². The number of hydrogen-bond acceptors (Lipinski definition) is 2. The summed E-state index contributed by atoms with van der Waals surface area (Å²) >= 11 is 0. The third-order valence-corrected chi connectivity index (χ3v) is 12.4. The molecule has 0 aromatic carbocycles. The molecule has 2 nitrogen and oxygen atoms in total. The van der Waals surface area contributed by atoms with Crippen LogP contribution in [0.3, 0.4) is 0 Å². The highest BCUT2D eigenvalue weighted by atomic mass is 16.5. The number of rotatable bonds is 0. The number of hydrogen-bond donors (Lipinski definition) is 1. The average molecular weight is 414 g/mol. The fraction of sp³-hybridized carbons (Fsp3) is 1.00. The van der Waals surface area contributed by atoms with Crippen molar-refractivity contribution in [1.29, 1.82) is 0 Å². The Morgan fingerprint density at radius 1 is 0.767 bits per heavy atom. The number of piperidine rings is 1. The molecule has 12 atom stereocenters. The topological polar surface area (TPSA) is 21.3 Å². The fourth-order valence-corrected chi connectivity index (χ4v) is 10.7. The van der Waals surface area contributed by atoms with Crippen molar-refractivity contribution in [3.05, 3.63) is 0 Å². The quantitative estimate of drug-likeness (QED) is 0.480. The van der Waals surface area contributed by atoms with Crippen LogP contribution >= 0.6 is 0 Å². The molecule has 1 spiro atoms. The molecule has 4 aliphatic carbocycles. The first-order chi connectivity index (χ1) is 14.3. The Labute approximate surface area is 185 Å². The lowest BCUT2D eigenvalue weighted by atomic mass is 9.44. The first-order valence-electron chi connectivity index (χ1n) is 13.7. The lowest BCUT2D eigenvalue weighted by Crippen LogP contribution is -2.57. The van der Waals surface area contributed by atoms with Crippen LogP contribution in [0.25, 0.3) is 0 Å². The maximum absolute atomic E-state index is 7.05. The van der Waals surface area contributed by atoms with Gasteiger partial charge in [0.15, 0.2) is 0 Å². The Bertz CT molecular complexity index is 682. The van der Waals surface area contributed by atoms with Gasteiger partial charge >= 0.3 is 0 Å². The Balaban J connectivity index is 1.26. The van der Waals surface area contributed by atoms with E-state index in [9.17, 15) is 0 Å². The molecule has 4 saturated carbocycles. The second kappa shape index (κ2) is 6.72. The van der Waals surface area contributed by atoms with E-state index in [0.29, 0.717) is 22.9 Å². The van der Waals surface area contributed by atoms with Crippen LogP contribution in [-0.4, -0.2) is 18.4 Å². The summed E-state index contributed by atoms with van der Waals surface area (Å²) in [6.45, 7) is 14.0. The molecule has 0 bridgehead atoms. The summed E-state index contributed by atoms with van der Waals surface area (Å²) in [6, 6.07) is 0. The Morgan fingerprint density at radius 3 is 2.30 bits per heavy atom. The summed E-state index contributed by atoms with van der Waals surface area (Å²) in [6.07, 6.45) is 15.0. The largest absolute Gasteiger partial charge is 0.357 e. The second-order valence-electron chi connectivity index (χ2n) is 13.7. The molecule has 0 amide bonds. The zero-order chi connectivity index (χ0) is 20.9. The van der Waals surface area contributed by atoms with E-state index in [2.05, 4.69) is 39.9 Å². The molecule has 0 aromatic heterocycles. The number of fused-ring (bicyclic) bond motifs is 7. The van der Waals surface area contributed by atoms with Crippen LogP contribution in [0.5, 0.6) is 0 Å². The van der Waals surface area contributed by atoms with E-state index in [-0.39, 0.29) is 5.72 Å². The van der Waals surface area contributed by atoms with E-state index in [1.807, 2.05) is 0 Å². The van der Waals surface area contributed by atoms with E-state index in [1.54, 1.807) is 0 Å². The van der Waals surface area contributed by atoms with Gasteiger partial charge in [-0.1, -0.05) is 41.0 Å². The minimum absolute atomic E-state index is 0.00415. The molecule has 6 fully saturated rings. The Morgan fingerprint density at radius 2 is 1.53 bits per heavy atom. The molecule has 0 radical (unpaired) electrons. The second-order valence-corrected chi connectivity index (χ2v) is 13.7. The molecule has 2 aliphatic heterocycles. The van der Waals surface area contributed by atoms with Crippen molar-refractivity contribution in [2.45, 2.75) is 111 Å². The average Bonchev–Trinajstić information content (AvgIpc) is 3.16. The van der Waals surface area contributed by atoms with Crippen LogP contribution in [-0.2, 0) is 4.74 Å². The van der Waals surface area contributed by atoms with Gasteiger partial charge in [-0.25, -0.2) is 0 Å². The van der Waals surface area contributed by atoms with Gasteiger partial charge < -0.3 is 4.74 Å². The Hall–Kier alpha value is -0.0800. The summed E-state index contributed by atoms with van der Waals surface area (Å²) in [7, 11) is 0. The lowest BCUT2D eigenvalue weighted by Gasteiger charge is -2.61. The van der Waals surface area contributed by atoms with Crippen molar-refractivity contribution in [2.24, 2.45) is 58.2 Å². The summed E-state index contributed by atoms with van der Waals surface area (Å²) in [4.78, 5) is 0. The molecule has 6 rings (SSSR count). The van der Waals surface area contributed by atoms with Crippen LogP contribution in [0, 0.1) is 58.2 Å². The lowest BCUT2D eigenvalue weighted by molar-refractivity contribution is -0.135. The zero-order valence-corrected chi connectivity index (χ0v) is 20.4. The highest BCUT2D eigenvalue weighted by Gasteiger charge is 2.68. The minimum atomic E-state index is -0.00415. The van der Waals surface area contributed by atoms with Crippen molar-refractivity contribution >= 4 is 0 Å². The van der Waals surface area contributed by atoms with Gasteiger partial charge in [-0.2, -0.15) is 0 Å². The van der Waals surface area contributed by atoms with Crippen molar-refractivity contribution in [3.8, 4) is 0 Å². The van der Waals surface area contributed by atoms with E-state index in [4.69, 9.17) is 4.74 Å². The van der Waals surface area contributed by atoms with Crippen LogP contribution < -0.4 is 5.32 Å². The summed E-state index contributed by atoms with van der Waals surface area (Å²) in [5, 5.41) is 3.92. The van der Waals surface area contributed by atoms with Crippen LogP contribution in [0.1, 0.15) is 98.8 Å². The molecule has 2 saturated heterocycles. The summed E-state index contributed by atoms with van der Waals surface area (Å²) < 4.78 is 7.05. The Kier molecular flexibility index (Phi) is 4.60. The summed E-state index contributed by atoms with van der Waals surface area (Å²) in [5.74, 6) is 7.14. The first-order valence-corrected chi connectivity index (χ1v) is 13.7. The number of ether oxygens (including phenoxy) is 1. The van der Waals surface area contributed by atoms with Crippen LogP contribution in [0.2, 0.25) is 0 Å². The van der Waals surface area contributed by atoms with E-state index in [0.717, 1.165) is 48.0 Å². The predicted molar refractivity (Wildman–Crippen MR) is 123 cm³/mol. The third-order valence-electron chi connectivity index (χ3n) is 12.4. The van der Waals surface area contributed by atoms with Gasteiger partial charge in [0.2, 0.25) is 0 Å². The number of nitrogens with one attached hydrogen (secondary N) is 1. The van der Waals surface area contributed by atoms with E-state index < -0.39 is 0 Å². The van der Waals surface area contributed by atoms with Gasteiger partial charge in [0.05, 0.1) is 6.10 Å². The maximum Gasteiger partial charge on any atom is 0.122 e. The predicted octanol–water partition coefficient (Wildman–Crippen LogP) is 6.64. The normalized spacial score (nSPS) is 62.5. The molecular weight excluding hydrogens is 366 g/mol. The van der Waals surface area contributed by atoms with E-state index in [1.165, 1.54) is 64.2 Å². The van der Waals surface area contributed by atoms with Crippen LogP contribution in [0.4, 0.5) is 0 Å². The molecule has 2 heterocycles. The molecule has 6 aliphatic rings. The van der Waals surface area contributed by atoms with Crippen molar-refractivity contribution in [3.63, 3.8) is 0 Å². The van der Waals surface area contributed by atoms with Gasteiger partial charge in [-0.05, 0) is 110 Å². The van der Waals surface area contributed by atoms with Gasteiger partial charge in [-0.15, -0.1) is 0 Å². The van der Waals surface area contributed by atoms with Crippen LogP contribution in [0.15, 0.2) is 0 Å². The van der Waals surface area contributed by atoms with Crippen molar-refractivity contribution < 1.29 is 4.74 Å². The summed E-state index contributed by atoms with van der Waals surface area (Å²) in [5.41, 5.74) is 1.16. The van der Waals surface area contributed by atoms with Crippen molar-refractivity contribution in [1.82, 2.24) is 5.32 Å². The standard InChI is InChI=1S/C28H47NO/c1-17-8-11-26(4)20(14-17)6-7-21-22(26)10-12-27(5)23(21)15-24-25(27)19(3)28(30-24)13-9-18(2)16-29-28/h17-25,29H,6-16H2,1-5H3/t17-,18+,19+,20-,21+,22+,23+,24+,25+,26+,27+,28-/m1/s1. The molecule has 170 valence electrons. The molecule has 2 heteroatoms. The molecule has 30 heavy (non-hydrogen) atoms. The molecular formula is C28H47NO. The minimum Gasteiger partial charge on any atom is -0.357 e. The molecule has 1 N–H and O–H groups in total. The maximum atomic E-state index is 7.05.